The molecule has 2 nitrogen and oxygen atoms in total. The summed E-state index contributed by atoms with van der Waals surface area (Å²) in [5, 5.41) is 9.56. The van der Waals surface area contributed by atoms with Crippen molar-refractivity contribution in [3.05, 3.63) is 28.2 Å². The smallest absolute Gasteiger partial charge is 0.320 e. The van der Waals surface area contributed by atoms with Gasteiger partial charge in [-0.1, -0.05) is 25.3 Å². The fraction of sp³-hybridized carbons (Fsp3) is 0.500. The van der Waals surface area contributed by atoms with Gasteiger partial charge < -0.3 is 5.11 Å². The number of aliphatic carboxylic acids is 1. The van der Waals surface area contributed by atoms with Crippen LogP contribution in [0.5, 0.6) is 0 Å². The molecule has 0 radical (unpaired) electrons. The van der Waals surface area contributed by atoms with Crippen LogP contribution in [0.3, 0.4) is 0 Å². The molecule has 0 bridgehead atoms. The highest BCUT2D eigenvalue weighted by atomic mass is 79.9. The minimum atomic E-state index is -0.667. The predicted molar refractivity (Wildman–Crippen MR) is 78.2 cm³/mol. The maximum absolute atomic E-state index is 11.6. The quantitative estimate of drug-likeness (QED) is 0.878. The Labute approximate surface area is 120 Å². The molecule has 1 saturated carbocycles. The number of thioether (sulfide) groups is 1. The van der Waals surface area contributed by atoms with Crippen LogP contribution < -0.4 is 0 Å². The van der Waals surface area contributed by atoms with Crippen LogP contribution in [-0.4, -0.2) is 15.8 Å². The number of carboxylic acids is 1. The van der Waals surface area contributed by atoms with Crippen molar-refractivity contribution in [1.29, 1.82) is 0 Å². The van der Waals surface area contributed by atoms with Gasteiger partial charge in [-0.15, -0.1) is 11.8 Å². The minimum Gasteiger partial charge on any atom is -0.480 e. The lowest BCUT2D eigenvalue weighted by Crippen LogP contribution is -2.37. The van der Waals surface area contributed by atoms with Gasteiger partial charge in [-0.25, -0.2) is 0 Å². The van der Waals surface area contributed by atoms with Crippen LogP contribution in [-0.2, 0) is 4.79 Å². The molecular formula is C14H17BrO2S. The molecule has 1 aliphatic rings. The number of rotatable bonds is 3. The molecule has 4 heteroatoms. The summed E-state index contributed by atoms with van der Waals surface area (Å²) in [7, 11) is 0. The molecule has 0 unspecified atom stereocenters. The lowest BCUT2D eigenvalue weighted by Gasteiger charge is -2.32. The second-order valence-corrected chi connectivity index (χ2v) is 7.18. The van der Waals surface area contributed by atoms with Gasteiger partial charge in [0, 0.05) is 9.37 Å². The van der Waals surface area contributed by atoms with Crippen molar-refractivity contribution in [3.63, 3.8) is 0 Å². The molecule has 0 atom stereocenters. The van der Waals surface area contributed by atoms with Crippen LogP contribution in [0.15, 0.2) is 27.6 Å². The SMILES string of the molecule is Cc1ccc(SC2(C(=O)O)CCCCC2)c(Br)c1. The Hall–Kier alpha value is -0.480. The van der Waals surface area contributed by atoms with Crippen LogP contribution >= 0.6 is 27.7 Å². The number of carboxylic acid groups (broad SMARTS) is 1. The molecule has 0 heterocycles. The van der Waals surface area contributed by atoms with E-state index < -0.39 is 10.7 Å². The van der Waals surface area contributed by atoms with E-state index >= 15 is 0 Å². The zero-order chi connectivity index (χ0) is 13.2. The zero-order valence-corrected chi connectivity index (χ0v) is 12.8. The Morgan fingerprint density at radius 3 is 2.56 bits per heavy atom. The average Bonchev–Trinajstić information content (AvgIpc) is 2.34. The summed E-state index contributed by atoms with van der Waals surface area (Å²) in [5.74, 6) is -0.667. The second-order valence-electron chi connectivity index (χ2n) is 4.90. The number of hydrogen-bond donors (Lipinski definition) is 1. The highest BCUT2D eigenvalue weighted by Gasteiger charge is 2.41. The van der Waals surface area contributed by atoms with Gasteiger partial charge in [0.05, 0.1) is 0 Å². The number of halogens is 1. The van der Waals surface area contributed by atoms with Gasteiger partial charge in [-0.3, -0.25) is 4.79 Å². The molecule has 1 fully saturated rings. The Morgan fingerprint density at radius 2 is 2.00 bits per heavy atom. The van der Waals surface area contributed by atoms with Gasteiger partial charge in [0.2, 0.25) is 0 Å². The average molecular weight is 329 g/mol. The molecule has 1 aliphatic carbocycles. The molecule has 18 heavy (non-hydrogen) atoms. The first kappa shape index (κ1) is 13.9. The van der Waals surface area contributed by atoms with Crippen molar-refractivity contribution < 1.29 is 9.90 Å². The summed E-state index contributed by atoms with van der Waals surface area (Å²) in [5.41, 5.74) is 1.18. The molecule has 2 rings (SSSR count). The zero-order valence-electron chi connectivity index (χ0n) is 10.4. The molecule has 1 N–H and O–H groups in total. The van der Waals surface area contributed by atoms with Crippen LogP contribution in [0.4, 0.5) is 0 Å². The third-order valence-electron chi connectivity index (χ3n) is 3.44. The number of aryl methyl sites for hydroxylation is 1. The summed E-state index contributed by atoms with van der Waals surface area (Å²) < 4.78 is 0.370. The first-order chi connectivity index (χ1) is 8.53. The standard InChI is InChI=1S/C14H17BrO2S/c1-10-5-6-12(11(15)9-10)18-14(13(16)17)7-3-2-4-8-14/h5-6,9H,2-4,7-8H2,1H3,(H,16,17). The Morgan fingerprint density at radius 1 is 1.33 bits per heavy atom. The number of carbonyl (C=O) groups is 1. The summed E-state index contributed by atoms with van der Waals surface area (Å²) >= 11 is 5.04. The second kappa shape index (κ2) is 5.66. The van der Waals surface area contributed by atoms with E-state index in [1.165, 1.54) is 17.3 Å². The van der Waals surface area contributed by atoms with E-state index in [4.69, 9.17) is 0 Å². The summed E-state index contributed by atoms with van der Waals surface area (Å²) in [4.78, 5) is 12.7. The highest BCUT2D eigenvalue weighted by Crippen LogP contribution is 2.46. The normalized spacial score (nSPS) is 18.6. The molecule has 0 spiro atoms. The van der Waals surface area contributed by atoms with Crippen LogP contribution in [0.1, 0.15) is 37.7 Å². The molecule has 98 valence electrons. The molecule has 0 amide bonds. The van der Waals surface area contributed by atoms with E-state index in [2.05, 4.69) is 15.9 Å². The van der Waals surface area contributed by atoms with E-state index in [1.54, 1.807) is 0 Å². The van der Waals surface area contributed by atoms with E-state index in [-0.39, 0.29) is 0 Å². The third kappa shape index (κ3) is 2.91. The van der Waals surface area contributed by atoms with Crippen molar-refractivity contribution in [1.82, 2.24) is 0 Å². The van der Waals surface area contributed by atoms with Gasteiger partial charge in [0.15, 0.2) is 0 Å². The first-order valence-corrected chi connectivity index (χ1v) is 7.83. The fourth-order valence-electron chi connectivity index (χ4n) is 2.38. The lowest BCUT2D eigenvalue weighted by atomic mass is 9.88. The molecule has 1 aromatic rings. The largest absolute Gasteiger partial charge is 0.480 e. The van der Waals surface area contributed by atoms with Crippen molar-refractivity contribution in [2.45, 2.75) is 48.7 Å². The summed E-state index contributed by atoms with van der Waals surface area (Å²) in [6, 6.07) is 6.09. The van der Waals surface area contributed by atoms with Crippen LogP contribution in [0.2, 0.25) is 0 Å². The number of hydrogen-bond acceptors (Lipinski definition) is 2. The highest BCUT2D eigenvalue weighted by molar-refractivity contribution is 9.10. The maximum atomic E-state index is 11.6. The van der Waals surface area contributed by atoms with Gasteiger partial charge in [-0.2, -0.15) is 0 Å². The maximum Gasteiger partial charge on any atom is 0.320 e. The summed E-state index contributed by atoms with van der Waals surface area (Å²) in [6.07, 6.45) is 4.73. The van der Waals surface area contributed by atoms with Crippen LogP contribution in [0.25, 0.3) is 0 Å². The Balaban J connectivity index is 2.26. The van der Waals surface area contributed by atoms with E-state index in [9.17, 15) is 9.90 Å². The van der Waals surface area contributed by atoms with Crippen molar-refractivity contribution >= 4 is 33.7 Å². The Bertz CT molecular complexity index is 453. The molecule has 0 saturated heterocycles. The summed E-state index contributed by atoms with van der Waals surface area (Å²) in [6.45, 7) is 2.03. The van der Waals surface area contributed by atoms with Gasteiger partial charge in [-0.05, 0) is 53.4 Å². The number of benzene rings is 1. The van der Waals surface area contributed by atoms with Crippen molar-refractivity contribution in [2.75, 3.05) is 0 Å². The lowest BCUT2D eigenvalue weighted by molar-refractivity contribution is -0.140. The van der Waals surface area contributed by atoms with E-state index in [0.717, 1.165) is 41.5 Å². The molecule has 0 aromatic heterocycles. The topological polar surface area (TPSA) is 37.3 Å². The van der Waals surface area contributed by atoms with Gasteiger partial charge in [0.1, 0.15) is 4.75 Å². The van der Waals surface area contributed by atoms with Crippen molar-refractivity contribution in [3.8, 4) is 0 Å². The molecule has 1 aromatic carbocycles. The fourth-order valence-corrected chi connectivity index (χ4v) is 4.41. The minimum absolute atomic E-state index is 0.629. The Kier molecular flexibility index (Phi) is 4.38. The van der Waals surface area contributed by atoms with Gasteiger partial charge >= 0.3 is 5.97 Å². The molecule has 0 aliphatic heterocycles. The van der Waals surface area contributed by atoms with E-state index in [1.807, 2.05) is 25.1 Å². The monoisotopic (exact) mass is 328 g/mol. The first-order valence-electron chi connectivity index (χ1n) is 6.22. The third-order valence-corrected chi connectivity index (χ3v) is 5.91. The predicted octanol–water partition coefficient (Wildman–Crippen LogP) is 4.64. The van der Waals surface area contributed by atoms with Crippen LogP contribution in [0, 0.1) is 6.92 Å². The van der Waals surface area contributed by atoms with E-state index in [0.29, 0.717) is 0 Å². The van der Waals surface area contributed by atoms with Crippen molar-refractivity contribution in [2.24, 2.45) is 0 Å². The van der Waals surface area contributed by atoms with Gasteiger partial charge in [0.25, 0.3) is 0 Å². The molecular weight excluding hydrogens is 312 g/mol.